The molecule has 35 heavy (non-hydrogen) atoms. The van der Waals surface area contributed by atoms with E-state index in [9.17, 15) is 9.90 Å². The summed E-state index contributed by atoms with van der Waals surface area (Å²) < 4.78 is 5.16. The first-order valence-electron chi connectivity index (χ1n) is 11.5. The first-order valence-corrected chi connectivity index (χ1v) is 11.5. The fraction of sp³-hybridized carbons (Fsp3) is 0.179. The van der Waals surface area contributed by atoms with E-state index in [-0.39, 0.29) is 17.0 Å². The van der Waals surface area contributed by atoms with Crippen LogP contribution in [0.4, 0.5) is 22.7 Å². The Balaban J connectivity index is 1.67. The summed E-state index contributed by atoms with van der Waals surface area (Å²) in [5.74, 6) is 0.0149. The molecule has 0 atom stereocenters. The van der Waals surface area contributed by atoms with Gasteiger partial charge in [0.15, 0.2) is 5.75 Å². The standard InChI is InChI=1S/C28H28N4O3/c1-4-32(5-2)22-14-10-21(11-15-22)30-31-26-24-9-7-6-8-19(24)18-25(27(26)33)28(34)29-20-12-16-23(35-3)17-13-20/h6-18,33H,4-5H2,1-3H3,(H,29,34). The number of carbonyl (C=O) groups excluding carboxylic acids is 1. The van der Waals surface area contributed by atoms with Crippen LogP contribution in [-0.4, -0.2) is 31.2 Å². The molecule has 0 saturated heterocycles. The van der Waals surface area contributed by atoms with Gasteiger partial charge < -0.3 is 20.1 Å². The molecule has 0 aliphatic heterocycles. The van der Waals surface area contributed by atoms with Crippen molar-refractivity contribution in [1.82, 2.24) is 0 Å². The van der Waals surface area contributed by atoms with Crippen molar-refractivity contribution in [3.63, 3.8) is 0 Å². The van der Waals surface area contributed by atoms with E-state index in [4.69, 9.17) is 4.74 Å². The van der Waals surface area contributed by atoms with Gasteiger partial charge >= 0.3 is 0 Å². The maximum absolute atomic E-state index is 13.0. The summed E-state index contributed by atoms with van der Waals surface area (Å²) in [5.41, 5.74) is 2.71. The smallest absolute Gasteiger partial charge is 0.259 e. The highest BCUT2D eigenvalue weighted by Gasteiger charge is 2.18. The molecule has 0 aliphatic rings. The molecule has 1 amide bonds. The zero-order chi connectivity index (χ0) is 24.8. The molecule has 0 heterocycles. The molecule has 0 aliphatic carbocycles. The number of fused-ring (bicyclic) bond motifs is 1. The number of aromatic hydroxyl groups is 1. The van der Waals surface area contributed by atoms with Gasteiger partial charge in [-0.05, 0) is 73.8 Å². The fourth-order valence-corrected chi connectivity index (χ4v) is 3.89. The van der Waals surface area contributed by atoms with Gasteiger partial charge in [-0.3, -0.25) is 4.79 Å². The largest absolute Gasteiger partial charge is 0.505 e. The number of ether oxygens (including phenoxy) is 1. The van der Waals surface area contributed by atoms with Gasteiger partial charge in [-0.2, -0.15) is 5.11 Å². The SMILES string of the molecule is CCN(CC)c1ccc(N=Nc2c(O)c(C(=O)Nc3ccc(OC)cc3)cc3ccccc23)cc1. The van der Waals surface area contributed by atoms with Crippen LogP contribution in [0.1, 0.15) is 24.2 Å². The molecule has 0 aromatic heterocycles. The molecule has 4 rings (SSSR count). The minimum absolute atomic E-state index is 0.116. The van der Waals surface area contributed by atoms with Gasteiger partial charge in [0.25, 0.3) is 5.91 Å². The van der Waals surface area contributed by atoms with E-state index in [1.54, 1.807) is 37.4 Å². The van der Waals surface area contributed by atoms with Gasteiger partial charge in [0, 0.05) is 29.9 Å². The predicted molar refractivity (Wildman–Crippen MR) is 141 cm³/mol. The van der Waals surface area contributed by atoms with Crippen LogP contribution < -0.4 is 15.0 Å². The summed E-state index contributed by atoms with van der Waals surface area (Å²) in [6, 6.07) is 23.8. The van der Waals surface area contributed by atoms with Crippen molar-refractivity contribution in [2.75, 3.05) is 30.4 Å². The predicted octanol–water partition coefficient (Wildman–Crippen LogP) is 7.07. The van der Waals surface area contributed by atoms with Crippen molar-refractivity contribution in [2.24, 2.45) is 10.2 Å². The Kier molecular flexibility index (Phi) is 7.26. The molecule has 0 fully saturated rings. The van der Waals surface area contributed by atoms with E-state index < -0.39 is 5.91 Å². The average Bonchev–Trinajstić information content (AvgIpc) is 2.89. The van der Waals surface area contributed by atoms with Crippen molar-refractivity contribution in [2.45, 2.75) is 13.8 Å². The molecule has 7 nitrogen and oxygen atoms in total. The lowest BCUT2D eigenvalue weighted by atomic mass is 10.0. The maximum Gasteiger partial charge on any atom is 0.259 e. The van der Waals surface area contributed by atoms with Gasteiger partial charge in [-0.1, -0.05) is 24.3 Å². The van der Waals surface area contributed by atoms with E-state index in [1.807, 2.05) is 48.5 Å². The van der Waals surface area contributed by atoms with E-state index in [0.717, 1.165) is 24.2 Å². The van der Waals surface area contributed by atoms with Crippen LogP contribution in [0.5, 0.6) is 11.5 Å². The Labute approximate surface area is 204 Å². The molecule has 0 unspecified atom stereocenters. The number of nitrogens with zero attached hydrogens (tertiary/aromatic N) is 3. The quantitative estimate of drug-likeness (QED) is 0.271. The van der Waals surface area contributed by atoms with Gasteiger partial charge in [-0.25, -0.2) is 0 Å². The Morgan fingerprint density at radius 1 is 0.943 bits per heavy atom. The number of hydrogen-bond acceptors (Lipinski definition) is 6. The molecule has 178 valence electrons. The molecule has 4 aromatic rings. The monoisotopic (exact) mass is 468 g/mol. The Morgan fingerprint density at radius 3 is 2.29 bits per heavy atom. The molecule has 0 radical (unpaired) electrons. The highest BCUT2D eigenvalue weighted by molar-refractivity contribution is 6.11. The van der Waals surface area contributed by atoms with Crippen LogP contribution in [0.25, 0.3) is 10.8 Å². The average molecular weight is 469 g/mol. The van der Waals surface area contributed by atoms with Gasteiger partial charge in [-0.15, -0.1) is 5.11 Å². The minimum atomic E-state index is -0.446. The number of hydrogen-bond donors (Lipinski definition) is 2. The maximum atomic E-state index is 13.0. The molecular weight excluding hydrogens is 440 g/mol. The number of nitrogens with one attached hydrogen (secondary N) is 1. The summed E-state index contributed by atoms with van der Waals surface area (Å²) in [7, 11) is 1.58. The number of rotatable bonds is 8. The van der Waals surface area contributed by atoms with Gasteiger partial charge in [0.1, 0.15) is 11.4 Å². The number of benzene rings is 4. The lowest BCUT2D eigenvalue weighted by molar-refractivity contribution is 0.102. The van der Waals surface area contributed by atoms with Crippen molar-refractivity contribution in [3.05, 3.63) is 84.4 Å². The Morgan fingerprint density at radius 2 is 1.63 bits per heavy atom. The van der Waals surface area contributed by atoms with Gasteiger partial charge in [0.05, 0.1) is 18.4 Å². The van der Waals surface area contributed by atoms with Crippen molar-refractivity contribution in [1.29, 1.82) is 0 Å². The van der Waals surface area contributed by atoms with Crippen LogP contribution >= 0.6 is 0 Å². The minimum Gasteiger partial charge on any atom is -0.505 e. The number of azo groups is 1. The zero-order valence-electron chi connectivity index (χ0n) is 20.0. The van der Waals surface area contributed by atoms with Crippen LogP contribution in [0, 0.1) is 0 Å². The second-order valence-corrected chi connectivity index (χ2v) is 7.91. The third-order valence-corrected chi connectivity index (χ3v) is 5.83. The Hall–Kier alpha value is -4.39. The van der Waals surface area contributed by atoms with E-state index in [1.165, 1.54) is 0 Å². The number of phenolic OH excluding ortho intramolecular Hbond substituents is 1. The number of methoxy groups -OCH3 is 1. The molecule has 2 N–H and O–H groups in total. The number of amides is 1. The Bertz CT molecular complexity index is 1350. The second kappa shape index (κ2) is 10.7. The van der Waals surface area contributed by atoms with Gasteiger partial charge in [0.2, 0.25) is 0 Å². The summed E-state index contributed by atoms with van der Waals surface area (Å²) >= 11 is 0. The highest BCUT2D eigenvalue weighted by Crippen LogP contribution is 2.39. The summed E-state index contributed by atoms with van der Waals surface area (Å²) in [5, 5.41) is 24.0. The van der Waals surface area contributed by atoms with Crippen molar-refractivity contribution in [3.8, 4) is 11.5 Å². The van der Waals surface area contributed by atoms with Crippen LogP contribution in [0.15, 0.2) is 89.1 Å². The summed E-state index contributed by atoms with van der Waals surface area (Å²) in [4.78, 5) is 15.3. The van der Waals surface area contributed by atoms with Crippen molar-refractivity contribution < 1.29 is 14.6 Å². The number of phenols is 1. The zero-order valence-corrected chi connectivity index (χ0v) is 20.0. The summed E-state index contributed by atoms with van der Waals surface area (Å²) in [6.07, 6.45) is 0. The van der Waals surface area contributed by atoms with E-state index in [2.05, 4.69) is 34.3 Å². The number of anilines is 2. The third-order valence-electron chi connectivity index (χ3n) is 5.83. The lowest BCUT2D eigenvalue weighted by Gasteiger charge is -2.20. The van der Waals surface area contributed by atoms with Crippen LogP contribution in [0.3, 0.4) is 0 Å². The lowest BCUT2D eigenvalue weighted by Crippen LogP contribution is -2.21. The third kappa shape index (κ3) is 5.24. The molecule has 0 bridgehead atoms. The topological polar surface area (TPSA) is 86.5 Å². The van der Waals surface area contributed by atoms with E-state index in [0.29, 0.717) is 22.5 Å². The molecule has 4 aromatic carbocycles. The number of carbonyl (C=O) groups is 1. The van der Waals surface area contributed by atoms with Crippen LogP contribution in [-0.2, 0) is 0 Å². The van der Waals surface area contributed by atoms with E-state index >= 15 is 0 Å². The van der Waals surface area contributed by atoms with Crippen LogP contribution in [0.2, 0.25) is 0 Å². The molecule has 0 spiro atoms. The normalized spacial score (nSPS) is 11.1. The fourth-order valence-electron chi connectivity index (χ4n) is 3.89. The highest BCUT2D eigenvalue weighted by atomic mass is 16.5. The first kappa shape index (κ1) is 23.8. The second-order valence-electron chi connectivity index (χ2n) is 7.91. The molecular formula is C28H28N4O3. The first-order chi connectivity index (χ1) is 17.0. The molecule has 7 heteroatoms. The van der Waals surface area contributed by atoms with Crippen molar-refractivity contribution >= 4 is 39.4 Å². The molecule has 0 saturated carbocycles. The summed E-state index contributed by atoms with van der Waals surface area (Å²) in [6.45, 7) is 6.07.